The summed E-state index contributed by atoms with van der Waals surface area (Å²) < 4.78 is 0. The Labute approximate surface area is 79.6 Å². The van der Waals surface area contributed by atoms with Gasteiger partial charge in [-0.2, -0.15) is 10.1 Å². The molecule has 0 fully saturated rings. The maximum absolute atomic E-state index is 5.62. The summed E-state index contributed by atoms with van der Waals surface area (Å²) in [6, 6.07) is 1.80. The fourth-order valence-corrected chi connectivity index (χ4v) is 1.07. The predicted octanol–water partition coefficient (Wildman–Crippen LogP) is -0.265. The molecule has 0 radical (unpaired) electrons. The zero-order valence-electron chi connectivity index (χ0n) is 7.52. The molecule has 0 aliphatic heterocycles. The molecule has 0 saturated carbocycles. The molecule has 2 aromatic heterocycles. The van der Waals surface area contributed by atoms with Gasteiger partial charge in [-0.05, 0) is 13.0 Å². The van der Waals surface area contributed by atoms with Gasteiger partial charge in [-0.25, -0.2) is 0 Å². The summed E-state index contributed by atoms with van der Waals surface area (Å²) in [5.41, 5.74) is 12.9. The van der Waals surface area contributed by atoms with E-state index in [1.165, 1.54) is 0 Å². The highest BCUT2D eigenvalue weighted by Crippen LogP contribution is 2.19. The maximum Gasteiger partial charge on any atom is 0.242 e. The first-order valence-electron chi connectivity index (χ1n) is 3.95. The number of nitrogens with one attached hydrogen (secondary N) is 1. The molecule has 0 spiro atoms. The Hall–Kier alpha value is -2.18. The molecule has 5 N–H and O–H groups in total. The highest BCUT2D eigenvalue weighted by molar-refractivity contribution is 5.66. The van der Waals surface area contributed by atoms with Gasteiger partial charge in [0.15, 0.2) is 11.5 Å². The minimum atomic E-state index is 0.0542. The lowest BCUT2D eigenvalue weighted by Gasteiger charge is -1.98. The lowest BCUT2D eigenvalue weighted by Crippen LogP contribution is -2.04. The van der Waals surface area contributed by atoms with Crippen molar-refractivity contribution in [2.75, 3.05) is 11.5 Å². The summed E-state index contributed by atoms with van der Waals surface area (Å²) in [4.78, 5) is 3.79. The molecule has 2 aromatic rings. The van der Waals surface area contributed by atoms with Crippen molar-refractivity contribution in [1.29, 1.82) is 0 Å². The average molecular weight is 191 g/mol. The summed E-state index contributed by atoms with van der Waals surface area (Å²) >= 11 is 0. The van der Waals surface area contributed by atoms with Gasteiger partial charge >= 0.3 is 0 Å². The molecule has 0 aliphatic carbocycles. The van der Waals surface area contributed by atoms with Crippen molar-refractivity contribution in [3.8, 4) is 11.4 Å². The number of H-pyrrole nitrogens is 1. The van der Waals surface area contributed by atoms with Crippen LogP contribution in [0.1, 0.15) is 5.69 Å². The summed E-state index contributed by atoms with van der Waals surface area (Å²) in [5, 5.41) is 14.2. The van der Waals surface area contributed by atoms with Crippen molar-refractivity contribution < 1.29 is 0 Å². The Bertz CT molecular complexity index is 461. The first-order chi connectivity index (χ1) is 6.66. The largest absolute Gasteiger partial charge is 0.382 e. The molecule has 2 heterocycles. The highest BCUT2D eigenvalue weighted by Gasteiger charge is 2.09. The third-order valence-electron chi connectivity index (χ3n) is 1.68. The van der Waals surface area contributed by atoms with Crippen LogP contribution in [0.25, 0.3) is 11.4 Å². The van der Waals surface area contributed by atoms with E-state index in [2.05, 4.69) is 25.4 Å². The van der Waals surface area contributed by atoms with Crippen molar-refractivity contribution >= 4 is 11.8 Å². The first-order valence-corrected chi connectivity index (χ1v) is 3.95. The van der Waals surface area contributed by atoms with Crippen LogP contribution < -0.4 is 11.5 Å². The van der Waals surface area contributed by atoms with Crippen LogP contribution in [-0.4, -0.2) is 25.4 Å². The van der Waals surface area contributed by atoms with Crippen LogP contribution in [0.5, 0.6) is 0 Å². The second kappa shape index (κ2) is 2.95. The Morgan fingerprint density at radius 3 is 2.64 bits per heavy atom. The van der Waals surface area contributed by atoms with Crippen LogP contribution in [0.15, 0.2) is 6.07 Å². The molecule has 0 atom stereocenters. The first kappa shape index (κ1) is 8.42. The second-order valence-corrected chi connectivity index (χ2v) is 2.84. The third-order valence-corrected chi connectivity index (χ3v) is 1.68. The molecule has 0 aromatic carbocycles. The molecule has 0 unspecified atom stereocenters. The van der Waals surface area contributed by atoms with Gasteiger partial charge in [0, 0.05) is 5.69 Å². The van der Waals surface area contributed by atoms with E-state index < -0.39 is 0 Å². The molecule has 7 heteroatoms. The fraction of sp³-hybridized carbons (Fsp3) is 0.143. The molecule has 14 heavy (non-hydrogen) atoms. The van der Waals surface area contributed by atoms with Gasteiger partial charge < -0.3 is 11.5 Å². The lowest BCUT2D eigenvalue weighted by atomic mass is 10.3. The Balaban J connectivity index is 2.52. The van der Waals surface area contributed by atoms with Crippen molar-refractivity contribution in [3.05, 3.63) is 11.8 Å². The van der Waals surface area contributed by atoms with Crippen LogP contribution >= 0.6 is 0 Å². The van der Waals surface area contributed by atoms with E-state index in [0.29, 0.717) is 11.4 Å². The molecule has 0 bridgehead atoms. The summed E-state index contributed by atoms with van der Waals surface area (Å²) in [6.45, 7) is 1.88. The number of hydrogen-bond acceptors (Lipinski definition) is 6. The third kappa shape index (κ3) is 1.35. The molecule has 0 amide bonds. The number of aryl methyl sites for hydroxylation is 1. The van der Waals surface area contributed by atoms with E-state index in [0.717, 1.165) is 5.69 Å². The van der Waals surface area contributed by atoms with Crippen LogP contribution in [0.4, 0.5) is 11.8 Å². The van der Waals surface area contributed by atoms with E-state index in [4.69, 9.17) is 11.5 Å². The zero-order chi connectivity index (χ0) is 10.1. The maximum atomic E-state index is 5.62. The van der Waals surface area contributed by atoms with Crippen LogP contribution in [0, 0.1) is 6.92 Å². The predicted molar refractivity (Wildman–Crippen MR) is 51.0 cm³/mol. The van der Waals surface area contributed by atoms with E-state index >= 15 is 0 Å². The number of nitrogens with two attached hydrogens (primary N) is 2. The van der Waals surface area contributed by atoms with Gasteiger partial charge in [0.05, 0.1) is 0 Å². The smallest absolute Gasteiger partial charge is 0.242 e. The fourth-order valence-electron chi connectivity index (χ4n) is 1.07. The molecule has 72 valence electrons. The van der Waals surface area contributed by atoms with Gasteiger partial charge in [-0.15, -0.1) is 10.2 Å². The zero-order valence-corrected chi connectivity index (χ0v) is 7.52. The summed E-state index contributed by atoms with van der Waals surface area (Å²) in [6.07, 6.45) is 0. The highest BCUT2D eigenvalue weighted by atomic mass is 15.2. The van der Waals surface area contributed by atoms with Crippen LogP contribution in [-0.2, 0) is 0 Å². The summed E-state index contributed by atoms with van der Waals surface area (Å²) in [5.74, 6) is 0.280. The Kier molecular flexibility index (Phi) is 1.77. The quantitative estimate of drug-likeness (QED) is 0.571. The normalized spacial score (nSPS) is 10.4. The van der Waals surface area contributed by atoms with Gasteiger partial charge in [0.1, 0.15) is 5.69 Å². The SMILES string of the molecule is Cc1cc(-c2nnc(N)nc2N)n[nH]1. The van der Waals surface area contributed by atoms with E-state index in [-0.39, 0.29) is 11.8 Å². The number of nitrogens with zero attached hydrogens (tertiary/aromatic N) is 4. The number of aromatic nitrogens is 5. The topological polar surface area (TPSA) is 119 Å². The van der Waals surface area contributed by atoms with Crippen molar-refractivity contribution in [2.45, 2.75) is 6.92 Å². The van der Waals surface area contributed by atoms with Gasteiger partial charge in [-0.3, -0.25) is 5.10 Å². The molecular formula is C7H9N7. The van der Waals surface area contributed by atoms with Gasteiger partial charge in [-0.1, -0.05) is 0 Å². The number of aromatic amines is 1. The van der Waals surface area contributed by atoms with Gasteiger partial charge in [0.25, 0.3) is 0 Å². The van der Waals surface area contributed by atoms with Crippen LogP contribution in [0.3, 0.4) is 0 Å². The van der Waals surface area contributed by atoms with Gasteiger partial charge in [0.2, 0.25) is 5.95 Å². The monoisotopic (exact) mass is 191 g/mol. The number of anilines is 2. The minimum absolute atomic E-state index is 0.0542. The Morgan fingerprint density at radius 1 is 1.29 bits per heavy atom. The lowest BCUT2D eigenvalue weighted by molar-refractivity contribution is 0.981. The van der Waals surface area contributed by atoms with E-state index in [9.17, 15) is 0 Å². The van der Waals surface area contributed by atoms with Crippen molar-refractivity contribution in [2.24, 2.45) is 0 Å². The number of rotatable bonds is 1. The second-order valence-electron chi connectivity index (χ2n) is 2.84. The van der Waals surface area contributed by atoms with Crippen molar-refractivity contribution in [1.82, 2.24) is 25.4 Å². The Morgan fingerprint density at radius 2 is 2.07 bits per heavy atom. The van der Waals surface area contributed by atoms with Crippen LogP contribution in [0.2, 0.25) is 0 Å². The average Bonchev–Trinajstić information content (AvgIpc) is 2.51. The molecule has 0 saturated heterocycles. The molecule has 7 nitrogen and oxygen atoms in total. The van der Waals surface area contributed by atoms with E-state index in [1.54, 1.807) is 6.07 Å². The molecule has 2 rings (SSSR count). The standard InChI is InChI=1S/C7H9N7/c1-3-2-4(12-11-3)5-6(8)10-7(9)14-13-5/h2H,1H3,(H,11,12)(H4,8,9,10,14). The number of hydrogen-bond donors (Lipinski definition) is 3. The van der Waals surface area contributed by atoms with E-state index in [1.807, 2.05) is 6.92 Å². The summed E-state index contributed by atoms with van der Waals surface area (Å²) in [7, 11) is 0. The van der Waals surface area contributed by atoms with Crippen molar-refractivity contribution in [3.63, 3.8) is 0 Å². The minimum Gasteiger partial charge on any atom is -0.382 e. The molecular weight excluding hydrogens is 182 g/mol. The molecule has 0 aliphatic rings. The number of nitrogen functional groups attached to an aromatic ring is 2.